The van der Waals surface area contributed by atoms with Gasteiger partial charge in [0, 0.05) is 16.0 Å². The van der Waals surface area contributed by atoms with Crippen molar-refractivity contribution in [2.24, 2.45) is 7.05 Å². The van der Waals surface area contributed by atoms with Gasteiger partial charge in [-0.25, -0.2) is 4.57 Å². The summed E-state index contributed by atoms with van der Waals surface area (Å²) in [5, 5.41) is 7.61. The maximum absolute atomic E-state index is 6.17. The second-order valence-electron chi connectivity index (χ2n) is 3.36. The van der Waals surface area contributed by atoms with Crippen molar-refractivity contribution in [2.75, 3.05) is 12.4 Å². The first-order chi connectivity index (χ1) is 7.63. The zero-order valence-electron chi connectivity index (χ0n) is 9.30. The Labute approximate surface area is 121 Å². The van der Waals surface area contributed by atoms with Gasteiger partial charge in [-0.2, -0.15) is 0 Å². The number of aromatic nitrogens is 1. The summed E-state index contributed by atoms with van der Waals surface area (Å²) in [5.74, 6) is 0. The number of benzene rings is 1. The van der Waals surface area contributed by atoms with E-state index in [1.807, 2.05) is 26.2 Å². The number of nitrogens with one attached hydrogen (secondary N) is 1. The van der Waals surface area contributed by atoms with Crippen LogP contribution in [0, 0.1) is 0 Å². The predicted octanol–water partition coefficient (Wildman–Crippen LogP) is 0.592. The van der Waals surface area contributed by atoms with Crippen LogP contribution in [-0.2, 0) is 7.05 Å². The average Bonchev–Trinajstić information content (AvgIpc) is 2.60. The Morgan fingerprint density at radius 1 is 1.29 bits per heavy atom. The van der Waals surface area contributed by atoms with Gasteiger partial charge in [0.1, 0.15) is 5.69 Å². The second-order valence-corrected chi connectivity index (χ2v) is 5.06. The van der Waals surface area contributed by atoms with E-state index in [4.69, 9.17) is 23.2 Å². The summed E-state index contributed by atoms with van der Waals surface area (Å²) in [7, 11) is 3.90. The first-order valence-electron chi connectivity index (χ1n) is 4.74. The van der Waals surface area contributed by atoms with Crippen LogP contribution in [0.5, 0.6) is 0 Å². The Balaban J connectivity index is 0.00000144. The number of nitrogens with zero attached hydrogens (tertiary/aromatic N) is 1. The molecular formula is C11H11Cl3N2S. The van der Waals surface area contributed by atoms with Gasteiger partial charge in [0.05, 0.1) is 19.1 Å². The van der Waals surface area contributed by atoms with Crippen molar-refractivity contribution < 1.29 is 17.0 Å². The molecule has 2 nitrogen and oxygen atoms in total. The minimum atomic E-state index is 0. The summed E-state index contributed by atoms with van der Waals surface area (Å²) in [4.78, 5) is 0. The van der Waals surface area contributed by atoms with Gasteiger partial charge in [-0.05, 0) is 18.2 Å². The Hall–Kier alpha value is -0.480. The highest BCUT2D eigenvalue weighted by Gasteiger charge is 2.16. The van der Waals surface area contributed by atoms with Crippen molar-refractivity contribution >= 4 is 39.7 Å². The van der Waals surface area contributed by atoms with Crippen molar-refractivity contribution in [1.82, 2.24) is 0 Å². The Bertz CT molecular complexity index is 525. The molecule has 6 heteroatoms. The Morgan fingerprint density at radius 2 is 2.00 bits per heavy atom. The van der Waals surface area contributed by atoms with Gasteiger partial charge in [-0.15, -0.1) is 0 Å². The number of halogens is 3. The van der Waals surface area contributed by atoms with Crippen LogP contribution in [0.2, 0.25) is 10.0 Å². The largest absolute Gasteiger partial charge is 1.00 e. The summed E-state index contributed by atoms with van der Waals surface area (Å²) in [6.45, 7) is 0. The van der Waals surface area contributed by atoms with Crippen LogP contribution in [-0.4, -0.2) is 7.05 Å². The normalized spacial score (nSPS) is 9.88. The van der Waals surface area contributed by atoms with Crippen LogP contribution in [0.1, 0.15) is 0 Å². The SMILES string of the molecule is CNc1scc(-c2ccc(Cl)cc2Cl)[n+]1C.[Cl-]. The number of hydrogen-bond acceptors (Lipinski definition) is 2. The molecule has 1 N–H and O–H groups in total. The molecular weight excluding hydrogens is 299 g/mol. The van der Waals surface area contributed by atoms with Crippen LogP contribution >= 0.6 is 34.5 Å². The molecule has 0 saturated heterocycles. The van der Waals surface area contributed by atoms with E-state index >= 15 is 0 Å². The van der Waals surface area contributed by atoms with Crippen LogP contribution in [0.3, 0.4) is 0 Å². The lowest BCUT2D eigenvalue weighted by Gasteiger charge is -2.02. The quantitative estimate of drug-likeness (QED) is 0.803. The van der Waals surface area contributed by atoms with Crippen LogP contribution in [0.15, 0.2) is 23.6 Å². The molecule has 0 aliphatic heterocycles. The van der Waals surface area contributed by atoms with Gasteiger partial charge < -0.3 is 12.4 Å². The molecule has 0 spiro atoms. The first-order valence-corrected chi connectivity index (χ1v) is 6.37. The van der Waals surface area contributed by atoms with Crippen LogP contribution < -0.4 is 22.3 Å². The molecule has 1 aromatic heterocycles. The van der Waals surface area contributed by atoms with Gasteiger partial charge in [-0.3, -0.25) is 5.32 Å². The van der Waals surface area contributed by atoms with E-state index in [2.05, 4.69) is 15.3 Å². The third-order valence-corrected chi connectivity index (χ3v) is 3.96. The first kappa shape index (κ1) is 14.6. The fraction of sp³-hybridized carbons (Fsp3) is 0.182. The van der Waals surface area contributed by atoms with Crippen LogP contribution in [0.4, 0.5) is 5.13 Å². The van der Waals surface area contributed by atoms with E-state index < -0.39 is 0 Å². The molecule has 0 bridgehead atoms. The molecule has 0 atom stereocenters. The molecule has 1 heterocycles. The van der Waals surface area contributed by atoms with E-state index in [0.717, 1.165) is 16.4 Å². The molecule has 0 radical (unpaired) electrons. The highest BCUT2D eigenvalue weighted by molar-refractivity contribution is 7.13. The third-order valence-electron chi connectivity index (χ3n) is 2.37. The molecule has 0 aliphatic carbocycles. The van der Waals surface area contributed by atoms with Gasteiger partial charge >= 0.3 is 5.13 Å². The monoisotopic (exact) mass is 308 g/mol. The molecule has 0 unspecified atom stereocenters. The summed E-state index contributed by atoms with van der Waals surface area (Å²) in [6.07, 6.45) is 0. The lowest BCUT2D eigenvalue weighted by molar-refractivity contribution is -0.641. The van der Waals surface area contributed by atoms with E-state index in [9.17, 15) is 0 Å². The van der Waals surface area contributed by atoms with E-state index in [1.165, 1.54) is 0 Å². The zero-order valence-corrected chi connectivity index (χ0v) is 12.4. The maximum atomic E-state index is 6.17. The zero-order chi connectivity index (χ0) is 11.7. The van der Waals surface area contributed by atoms with E-state index in [1.54, 1.807) is 17.4 Å². The van der Waals surface area contributed by atoms with Gasteiger partial charge in [0.15, 0.2) is 0 Å². The van der Waals surface area contributed by atoms with E-state index in [0.29, 0.717) is 10.0 Å². The standard InChI is InChI=1S/C11H10Cl2N2S.ClH/c1-14-11-15(2)10(6-16-11)8-4-3-7(12)5-9(8)13;/h3-6H,1-2H3;1H. The average molecular weight is 310 g/mol. The van der Waals surface area contributed by atoms with Crippen LogP contribution in [0.25, 0.3) is 11.3 Å². The van der Waals surface area contributed by atoms with Crippen molar-refractivity contribution in [1.29, 1.82) is 0 Å². The molecule has 92 valence electrons. The lowest BCUT2D eigenvalue weighted by atomic mass is 10.2. The summed E-state index contributed by atoms with van der Waals surface area (Å²) >= 11 is 13.7. The molecule has 17 heavy (non-hydrogen) atoms. The van der Waals surface area contributed by atoms with E-state index in [-0.39, 0.29) is 12.4 Å². The molecule has 2 aromatic rings. The molecule has 0 aliphatic rings. The number of thiazole rings is 1. The molecule has 0 saturated carbocycles. The topological polar surface area (TPSA) is 15.9 Å². The minimum Gasteiger partial charge on any atom is -1.00 e. The maximum Gasteiger partial charge on any atom is 0.333 e. The summed E-state index contributed by atoms with van der Waals surface area (Å²) in [5.41, 5.74) is 2.07. The number of anilines is 1. The van der Waals surface area contributed by atoms with Crippen molar-refractivity contribution in [2.45, 2.75) is 0 Å². The lowest BCUT2D eigenvalue weighted by Crippen LogP contribution is -3.00. The second kappa shape index (κ2) is 5.91. The summed E-state index contributed by atoms with van der Waals surface area (Å²) in [6, 6.07) is 5.54. The summed E-state index contributed by atoms with van der Waals surface area (Å²) < 4.78 is 2.07. The highest BCUT2D eigenvalue weighted by Crippen LogP contribution is 2.30. The smallest absolute Gasteiger partial charge is 0.333 e. The minimum absolute atomic E-state index is 0. The Kier molecular flexibility index (Phi) is 5.07. The molecule has 0 amide bonds. The van der Waals surface area contributed by atoms with Gasteiger partial charge in [0.2, 0.25) is 0 Å². The van der Waals surface area contributed by atoms with Crippen molar-refractivity contribution in [3.05, 3.63) is 33.6 Å². The fourth-order valence-electron chi connectivity index (χ4n) is 1.55. The van der Waals surface area contributed by atoms with Crippen molar-refractivity contribution in [3.63, 3.8) is 0 Å². The Morgan fingerprint density at radius 3 is 2.53 bits per heavy atom. The fourth-order valence-corrected chi connectivity index (χ4v) is 2.94. The van der Waals surface area contributed by atoms with Gasteiger partial charge in [0.25, 0.3) is 0 Å². The highest BCUT2D eigenvalue weighted by atomic mass is 35.5. The number of hydrogen-bond donors (Lipinski definition) is 1. The van der Waals surface area contributed by atoms with Crippen molar-refractivity contribution in [3.8, 4) is 11.3 Å². The molecule has 2 rings (SSSR count). The predicted molar refractivity (Wildman–Crippen MR) is 70.5 cm³/mol. The third kappa shape index (κ3) is 2.86. The van der Waals surface area contributed by atoms with Gasteiger partial charge in [-0.1, -0.05) is 34.5 Å². The molecule has 1 aromatic carbocycles. The number of rotatable bonds is 2. The molecule has 0 fully saturated rings.